The van der Waals surface area contributed by atoms with Gasteiger partial charge in [0.05, 0.1) is 12.1 Å². The van der Waals surface area contributed by atoms with Crippen molar-refractivity contribution < 1.29 is 9.90 Å². The molecule has 0 radical (unpaired) electrons. The number of hydrogen-bond acceptors (Lipinski definition) is 3. The second kappa shape index (κ2) is 6.37. The number of aliphatic hydroxyl groups is 1. The number of fused-ring (bicyclic) bond motifs is 1. The quantitative estimate of drug-likeness (QED) is 0.823. The van der Waals surface area contributed by atoms with Crippen LogP contribution in [0.1, 0.15) is 30.9 Å². The molecule has 0 heterocycles. The van der Waals surface area contributed by atoms with Crippen LogP contribution in [0.15, 0.2) is 24.3 Å². The predicted octanol–water partition coefficient (Wildman–Crippen LogP) is 1.28. The molecule has 110 valence electrons. The van der Waals surface area contributed by atoms with Crippen LogP contribution >= 0.6 is 0 Å². The maximum Gasteiger partial charge on any atom is 0.223 e. The lowest BCUT2D eigenvalue weighted by Gasteiger charge is -2.30. The molecule has 4 heteroatoms. The lowest BCUT2D eigenvalue weighted by atomic mass is 9.92. The molecule has 4 nitrogen and oxygen atoms in total. The van der Waals surface area contributed by atoms with Crippen LogP contribution in [0.4, 0.5) is 0 Å². The first-order valence-electron chi connectivity index (χ1n) is 7.31. The largest absolute Gasteiger partial charge is 0.394 e. The Labute approximate surface area is 120 Å². The van der Waals surface area contributed by atoms with Gasteiger partial charge in [0.1, 0.15) is 0 Å². The average Bonchev–Trinajstić information content (AvgIpc) is 2.86. The van der Waals surface area contributed by atoms with Crippen molar-refractivity contribution in [1.29, 1.82) is 0 Å². The highest BCUT2D eigenvalue weighted by Crippen LogP contribution is 2.36. The summed E-state index contributed by atoms with van der Waals surface area (Å²) in [6.45, 7) is 3.36. The molecule has 0 aromatic heterocycles. The molecule has 0 aliphatic heterocycles. The zero-order valence-corrected chi connectivity index (χ0v) is 12.4. The number of nitrogens with one attached hydrogen (secondary N) is 1. The number of amides is 1. The van der Waals surface area contributed by atoms with Crippen LogP contribution in [0.25, 0.3) is 0 Å². The summed E-state index contributed by atoms with van der Waals surface area (Å²) >= 11 is 0. The number of aryl methyl sites for hydroxylation is 1. The molecule has 0 saturated carbocycles. The van der Waals surface area contributed by atoms with Crippen molar-refractivity contribution in [2.75, 3.05) is 26.7 Å². The summed E-state index contributed by atoms with van der Waals surface area (Å²) < 4.78 is 0. The van der Waals surface area contributed by atoms with Gasteiger partial charge in [0.2, 0.25) is 5.91 Å². The normalized spacial score (nSPS) is 20.8. The average molecular weight is 276 g/mol. The van der Waals surface area contributed by atoms with Gasteiger partial charge in [-0.1, -0.05) is 24.3 Å². The summed E-state index contributed by atoms with van der Waals surface area (Å²) in [7, 11) is 1.81. The molecule has 1 atom stereocenters. The van der Waals surface area contributed by atoms with Crippen molar-refractivity contribution in [3.05, 3.63) is 35.4 Å². The Morgan fingerprint density at radius 2 is 2.20 bits per heavy atom. The summed E-state index contributed by atoms with van der Waals surface area (Å²) in [6.07, 6.45) is 2.33. The lowest BCUT2D eigenvalue weighted by molar-refractivity contribution is -0.129. The van der Waals surface area contributed by atoms with E-state index in [1.165, 1.54) is 11.1 Å². The number of rotatable bonds is 6. The number of nitrogens with zero attached hydrogens (tertiary/aromatic N) is 1. The summed E-state index contributed by atoms with van der Waals surface area (Å²) in [6, 6.07) is 8.23. The summed E-state index contributed by atoms with van der Waals surface area (Å²) in [5.41, 5.74) is 2.10. The Bertz CT molecular complexity index is 475. The first-order chi connectivity index (χ1) is 9.63. The van der Waals surface area contributed by atoms with Crippen LogP contribution in [-0.4, -0.2) is 42.7 Å². The van der Waals surface area contributed by atoms with Gasteiger partial charge in [-0.2, -0.15) is 0 Å². The third-order valence-electron chi connectivity index (χ3n) is 4.33. The second-order valence-corrected chi connectivity index (χ2v) is 5.48. The molecule has 0 bridgehead atoms. The molecule has 0 fully saturated rings. The van der Waals surface area contributed by atoms with Crippen molar-refractivity contribution in [2.24, 2.45) is 0 Å². The van der Waals surface area contributed by atoms with Gasteiger partial charge in [-0.3, -0.25) is 4.79 Å². The van der Waals surface area contributed by atoms with Gasteiger partial charge in [0, 0.05) is 26.6 Å². The van der Waals surface area contributed by atoms with Gasteiger partial charge in [-0.05, 0) is 30.9 Å². The number of hydrogen-bond donors (Lipinski definition) is 2. The maximum atomic E-state index is 11.8. The first kappa shape index (κ1) is 15.0. The van der Waals surface area contributed by atoms with Crippen molar-refractivity contribution in [2.45, 2.75) is 31.7 Å². The Balaban J connectivity index is 1.99. The fourth-order valence-corrected chi connectivity index (χ4v) is 2.87. The van der Waals surface area contributed by atoms with E-state index in [1.54, 1.807) is 4.90 Å². The van der Waals surface area contributed by atoms with Gasteiger partial charge in [-0.15, -0.1) is 0 Å². The minimum Gasteiger partial charge on any atom is -0.394 e. The summed E-state index contributed by atoms with van der Waals surface area (Å²) in [4.78, 5) is 13.5. The number of carbonyl (C=O) groups is 1. The fourth-order valence-electron chi connectivity index (χ4n) is 2.87. The van der Waals surface area contributed by atoms with E-state index in [4.69, 9.17) is 0 Å². The smallest absolute Gasteiger partial charge is 0.223 e. The number of aliphatic hydroxyl groups excluding tert-OH is 1. The van der Waals surface area contributed by atoms with Crippen molar-refractivity contribution >= 4 is 5.91 Å². The SMILES string of the molecule is CCN(C)C(=O)CCNC1(CO)CCc2ccccc21. The van der Waals surface area contributed by atoms with Crippen LogP contribution < -0.4 is 5.32 Å². The molecule has 1 aromatic rings. The van der Waals surface area contributed by atoms with E-state index in [1.807, 2.05) is 26.1 Å². The Morgan fingerprint density at radius 1 is 1.45 bits per heavy atom. The molecule has 20 heavy (non-hydrogen) atoms. The molecule has 2 N–H and O–H groups in total. The molecular formula is C16H24N2O2. The molecule has 1 aliphatic rings. The van der Waals surface area contributed by atoms with Gasteiger partial charge in [0.25, 0.3) is 0 Å². The minimum atomic E-state index is -0.373. The topological polar surface area (TPSA) is 52.6 Å². The van der Waals surface area contributed by atoms with Crippen molar-refractivity contribution in [3.8, 4) is 0 Å². The highest BCUT2D eigenvalue weighted by Gasteiger charge is 2.37. The van der Waals surface area contributed by atoms with Gasteiger partial charge in [-0.25, -0.2) is 0 Å². The molecule has 0 spiro atoms. The van der Waals surface area contributed by atoms with Crippen LogP contribution in [-0.2, 0) is 16.8 Å². The molecular weight excluding hydrogens is 252 g/mol. The molecule has 2 rings (SSSR count). The van der Waals surface area contributed by atoms with E-state index in [0.29, 0.717) is 13.0 Å². The number of carbonyl (C=O) groups excluding carboxylic acids is 1. The van der Waals surface area contributed by atoms with Crippen molar-refractivity contribution in [1.82, 2.24) is 10.2 Å². The van der Waals surface area contributed by atoms with E-state index in [9.17, 15) is 9.90 Å². The van der Waals surface area contributed by atoms with Crippen LogP contribution in [0.5, 0.6) is 0 Å². The Kier molecular flexibility index (Phi) is 4.78. The monoisotopic (exact) mass is 276 g/mol. The minimum absolute atomic E-state index is 0.0713. The van der Waals surface area contributed by atoms with E-state index < -0.39 is 0 Å². The van der Waals surface area contributed by atoms with E-state index in [2.05, 4.69) is 17.4 Å². The third kappa shape index (κ3) is 2.86. The Hall–Kier alpha value is -1.39. The predicted molar refractivity (Wildman–Crippen MR) is 79.5 cm³/mol. The van der Waals surface area contributed by atoms with E-state index >= 15 is 0 Å². The molecule has 1 aliphatic carbocycles. The summed E-state index contributed by atoms with van der Waals surface area (Å²) in [5.74, 6) is 0.138. The third-order valence-corrected chi connectivity index (χ3v) is 4.33. The van der Waals surface area contributed by atoms with Crippen molar-refractivity contribution in [3.63, 3.8) is 0 Å². The first-order valence-corrected chi connectivity index (χ1v) is 7.31. The Morgan fingerprint density at radius 3 is 2.90 bits per heavy atom. The second-order valence-electron chi connectivity index (χ2n) is 5.48. The number of benzene rings is 1. The van der Waals surface area contributed by atoms with Crippen LogP contribution in [0, 0.1) is 0 Å². The standard InChI is InChI=1S/C16H24N2O2/c1-3-18(2)15(20)9-11-17-16(12-19)10-8-13-6-4-5-7-14(13)16/h4-7,17,19H,3,8-12H2,1-2H3. The van der Waals surface area contributed by atoms with Gasteiger partial charge >= 0.3 is 0 Å². The van der Waals surface area contributed by atoms with E-state index in [-0.39, 0.29) is 18.1 Å². The van der Waals surface area contributed by atoms with Gasteiger partial charge in [0.15, 0.2) is 0 Å². The van der Waals surface area contributed by atoms with Gasteiger partial charge < -0.3 is 15.3 Å². The molecule has 1 unspecified atom stereocenters. The highest BCUT2D eigenvalue weighted by molar-refractivity contribution is 5.76. The fraction of sp³-hybridized carbons (Fsp3) is 0.562. The summed E-state index contributed by atoms with van der Waals surface area (Å²) in [5, 5.41) is 13.2. The van der Waals surface area contributed by atoms with E-state index in [0.717, 1.165) is 19.4 Å². The molecule has 1 aromatic carbocycles. The lowest BCUT2D eigenvalue weighted by Crippen LogP contribution is -2.45. The zero-order chi connectivity index (χ0) is 14.6. The zero-order valence-electron chi connectivity index (χ0n) is 12.4. The molecule has 1 amide bonds. The van der Waals surface area contributed by atoms with Crippen LogP contribution in [0.3, 0.4) is 0 Å². The highest BCUT2D eigenvalue weighted by atomic mass is 16.3. The molecule has 0 saturated heterocycles. The maximum absolute atomic E-state index is 11.8. The van der Waals surface area contributed by atoms with Crippen LogP contribution in [0.2, 0.25) is 0 Å².